The summed E-state index contributed by atoms with van der Waals surface area (Å²) in [5.74, 6) is -5.93. The van der Waals surface area contributed by atoms with E-state index >= 15 is 0 Å². The van der Waals surface area contributed by atoms with E-state index in [0.717, 1.165) is 11.3 Å². The van der Waals surface area contributed by atoms with Crippen LogP contribution in [-0.2, 0) is 34.7 Å². The van der Waals surface area contributed by atoms with Crippen LogP contribution in [0.25, 0.3) is 0 Å². The molecule has 2 heterocycles. The molecule has 0 aromatic carbocycles. The third kappa shape index (κ3) is 5.90. The Bertz CT molecular complexity index is 1410. The molecule has 0 radical (unpaired) electrons. The average molecular weight is 614 g/mol. The zero-order valence-corrected chi connectivity index (χ0v) is 22.8. The topological polar surface area (TPSA) is 114 Å². The van der Waals surface area contributed by atoms with Crippen molar-refractivity contribution in [3.63, 3.8) is 0 Å². The number of hydrogen-bond donors (Lipinski definition) is 3. The number of carbonyl (C=O) groups is 1. The second-order valence-corrected chi connectivity index (χ2v) is 13.0. The quantitative estimate of drug-likeness (QED) is 0.294. The summed E-state index contributed by atoms with van der Waals surface area (Å²) >= 11 is 6.44. The third-order valence-electron chi connectivity index (χ3n) is 6.90. The largest absolute Gasteiger partial charge is 0.415 e. The Morgan fingerprint density at radius 2 is 2.00 bits per heavy atom. The first-order valence-electron chi connectivity index (χ1n) is 12.0. The number of thiophene rings is 1. The molecule has 3 N–H and O–H groups in total. The van der Waals surface area contributed by atoms with Gasteiger partial charge in [0, 0.05) is 36.5 Å². The lowest BCUT2D eigenvalue weighted by molar-refractivity contribution is -0.119. The van der Waals surface area contributed by atoms with E-state index in [4.69, 9.17) is 12.2 Å². The standard InChI is InChI=1S/C22H24F5N5O4S3/c1-32-14(7-16(30-32)36-21(24)25)19(37)28-10-2-3-15-12(6-10)17(39(34,35)31-11-4-9(23)5-11)20(38-15)29-18(33)13-8-22(13,26)27/h7,9-11,13,21,31H,2-6,8H2,1H3,(H,28,37)(H,29,33)/t9?,10-,11?,13?/m0/s1. The van der Waals surface area contributed by atoms with Gasteiger partial charge < -0.3 is 15.4 Å². The molecule has 2 atom stereocenters. The number of fused-ring (bicyclic) bond motifs is 1. The summed E-state index contributed by atoms with van der Waals surface area (Å²) in [6.45, 7) is -3.06. The number of aromatic nitrogens is 2. The third-order valence-corrected chi connectivity index (χ3v) is 10.2. The maximum absolute atomic E-state index is 13.5. The molecule has 3 aliphatic carbocycles. The van der Waals surface area contributed by atoms with Crippen LogP contribution in [-0.4, -0.2) is 59.9 Å². The highest BCUT2D eigenvalue weighted by Gasteiger charge is 2.61. The molecule has 17 heteroatoms. The minimum absolute atomic E-state index is 0.0158. The summed E-state index contributed by atoms with van der Waals surface area (Å²) < 4.78 is 100. The predicted molar refractivity (Wildman–Crippen MR) is 135 cm³/mol. The van der Waals surface area contributed by atoms with Gasteiger partial charge in [0.25, 0.3) is 5.92 Å². The van der Waals surface area contributed by atoms with E-state index in [1.54, 1.807) is 0 Å². The molecule has 3 aliphatic rings. The molecule has 2 fully saturated rings. The number of nitrogens with one attached hydrogen (secondary N) is 3. The Balaban J connectivity index is 1.38. The lowest BCUT2D eigenvalue weighted by Crippen LogP contribution is -2.45. The molecule has 0 saturated heterocycles. The van der Waals surface area contributed by atoms with Gasteiger partial charge in [-0.15, -0.1) is 16.4 Å². The van der Waals surface area contributed by atoms with E-state index in [1.165, 1.54) is 17.8 Å². The number of hydrogen-bond acceptors (Lipinski definition) is 7. The zero-order chi connectivity index (χ0) is 28.3. The molecule has 0 spiro atoms. The van der Waals surface area contributed by atoms with Gasteiger partial charge in [-0.2, -0.15) is 8.78 Å². The molecule has 1 unspecified atom stereocenters. The molecular formula is C22H24F5N5O4S3. The van der Waals surface area contributed by atoms with Gasteiger partial charge in [0.15, 0.2) is 0 Å². The number of halogens is 5. The Morgan fingerprint density at radius 1 is 1.31 bits per heavy atom. The summed E-state index contributed by atoms with van der Waals surface area (Å²) in [5, 5.41) is 9.27. The fourth-order valence-electron chi connectivity index (χ4n) is 4.73. The minimum Gasteiger partial charge on any atom is -0.415 e. The number of alkyl halides is 5. The molecule has 39 heavy (non-hydrogen) atoms. The van der Waals surface area contributed by atoms with E-state index in [0.29, 0.717) is 29.0 Å². The summed E-state index contributed by atoms with van der Waals surface area (Å²) in [6.07, 6.45) is -0.612. The van der Waals surface area contributed by atoms with Crippen LogP contribution < -0.4 is 20.1 Å². The number of sulfonamides is 1. The number of anilines is 1. The fourth-order valence-corrected chi connectivity index (χ4v) is 8.32. The Labute approximate surface area is 229 Å². The first kappa shape index (κ1) is 28.2. The highest BCUT2D eigenvalue weighted by atomic mass is 32.2. The van der Waals surface area contributed by atoms with Gasteiger partial charge in [-0.25, -0.2) is 26.3 Å². The molecule has 5 rings (SSSR count). The summed E-state index contributed by atoms with van der Waals surface area (Å²) in [7, 11) is -2.75. The van der Waals surface area contributed by atoms with Gasteiger partial charge in [0.2, 0.25) is 21.8 Å². The van der Waals surface area contributed by atoms with Gasteiger partial charge in [-0.3, -0.25) is 9.48 Å². The number of aryl methyl sites for hydroxylation is 2. The summed E-state index contributed by atoms with van der Waals surface area (Å²) in [4.78, 5) is 13.1. The first-order chi connectivity index (χ1) is 18.2. The highest BCUT2D eigenvalue weighted by molar-refractivity contribution is 7.90. The van der Waals surface area contributed by atoms with Gasteiger partial charge >= 0.3 is 6.61 Å². The molecule has 0 bridgehead atoms. The Morgan fingerprint density at radius 3 is 2.62 bits per heavy atom. The number of carbonyl (C=O) groups excluding carboxylic acids is 1. The van der Waals surface area contributed by atoms with Crippen LogP contribution in [0.4, 0.5) is 27.0 Å². The number of ether oxygens (including phenoxy) is 1. The van der Waals surface area contributed by atoms with Crippen molar-refractivity contribution in [2.75, 3.05) is 5.32 Å². The molecule has 2 aromatic heterocycles. The summed E-state index contributed by atoms with van der Waals surface area (Å²) in [5.41, 5.74) is 0.704. The zero-order valence-electron chi connectivity index (χ0n) is 20.3. The molecule has 2 saturated carbocycles. The fraction of sp³-hybridized carbons (Fsp3) is 0.591. The number of thiocarbonyl (C=S) groups is 1. The van der Waals surface area contributed by atoms with Crippen LogP contribution in [0.2, 0.25) is 0 Å². The van der Waals surface area contributed by atoms with Crippen LogP contribution in [0.5, 0.6) is 5.88 Å². The molecule has 214 valence electrons. The van der Waals surface area contributed by atoms with E-state index in [2.05, 4.69) is 25.2 Å². The second kappa shape index (κ2) is 10.2. The van der Waals surface area contributed by atoms with Crippen molar-refractivity contribution in [1.82, 2.24) is 19.8 Å². The lowest BCUT2D eigenvalue weighted by Gasteiger charge is -2.30. The van der Waals surface area contributed by atoms with Gasteiger partial charge in [-0.05, 0) is 37.7 Å². The van der Waals surface area contributed by atoms with Gasteiger partial charge in [0.05, 0.1) is 5.69 Å². The monoisotopic (exact) mass is 613 g/mol. The Hall–Kier alpha value is -2.37. The number of nitrogens with zero attached hydrogens (tertiary/aromatic N) is 2. The van der Waals surface area contributed by atoms with Crippen LogP contribution in [0.1, 0.15) is 41.8 Å². The van der Waals surface area contributed by atoms with Crippen molar-refractivity contribution < 1.29 is 39.9 Å². The van der Waals surface area contributed by atoms with E-state index in [-0.39, 0.29) is 46.1 Å². The smallest absolute Gasteiger partial charge is 0.388 e. The lowest BCUT2D eigenvalue weighted by atomic mass is 9.92. The van der Waals surface area contributed by atoms with Crippen LogP contribution >= 0.6 is 23.6 Å². The van der Waals surface area contributed by atoms with Crippen molar-refractivity contribution in [2.45, 2.75) is 74.2 Å². The molecular weight excluding hydrogens is 589 g/mol. The van der Waals surface area contributed by atoms with Crippen molar-refractivity contribution in [2.24, 2.45) is 13.0 Å². The van der Waals surface area contributed by atoms with Crippen LogP contribution in [0.3, 0.4) is 0 Å². The number of rotatable bonds is 9. The van der Waals surface area contributed by atoms with Gasteiger partial charge in [0.1, 0.15) is 27.0 Å². The SMILES string of the molecule is Cn1nc(OC(F)F)cc1C(=S)N[C@H]1CCc2sc(NC(=O)C3CC3(F)F)c(S(=O)(=O)NC3CC(F)C3)c2C1. The van der Waals surface area contributed by atoms with E-state index in [1.807, 2.05) is 0 Å². The maximum Gasteiger partial charge on any atom is 0.388 e. The Kier molecular flexibility index (Phi) is 7.39. The van der Waals surface area contributed by atoms with Crippen molar-refractivity contribution in [3.8, 4) is 5.88 Å². The predicted octanol–water partition coefficient (Wildman–Crippen LogP) is 3.28. The average Bonchev–Trinajstić information content (AvgIpc) is 3.10. The van der Waals surface area contributed by atoms with Crippen molar-refractivity contribution in [3.05, 3.63) is 22.2 Å². The maximum atomic E-state index is 13.5. The second-order valence-electron chi connectivity index (χ2n) is 9.84. The molecule has 1 amide bonds. The minimum atomic E-state index is -4.24. The van der Waals surface area contributed by atoms with Crippen molar-refractivity contribution >= 4 is 49.5 Å². The van der Waals surface area contributed by atoms with Crippen LogP contribution in [0.15, 0.2) is 11.0 Å². The molecule has 0 aliphatic heterocycles. The first-order valence-corrected chi connectivity index (χ1v) is 14.7. The van der Waals surface area contributed by atoms with Crippen molar-refractivity contribution in [1.29, 1.82) is 0 Å². The molecule has 9 nitrogen and oxygen atoms in total. The summed E-state index contributed by atoms with van der Waals surface area (Å²) in [6, 6.07) is 0.257. The normalized spacial score (nSPS) is 25.5. The van der Waals surface area contributed by atoms with Crippen LogP contribution in [0, 0.1) is 5.92 Å². The van der Waals surface area contributed by atoms with E-state index < -0.39 is 53.0 Å². The number of amides is 1. The van der Waals surface area contributed by atoms with Gasteiger partial charge in [-0.1, -0.05) is 12.2 Å². The highest BCUT2D eigenvalue weighted by Crippen LogP contribution is 2.50. The molecule has 2 aromatic rings. The van der Waals surface area contributed by atoms with E-state index in [9.17, 15) is 35.2 Å².